The quantitative estimate of drug-likeness (QED) is 0.742. The van der Waals surface area contributed by atoms with Gasteiger partial charge in [0, 0.05) is 12.2 Å². The summed E-state index contributed by atoms with van der Waals surface area (Å²) in [6, 6.07) is 15.1. The number of anilines is 1. The molecule has 0 radical (unpaired) electrons. The third-order valence-electron chi connectivity index (χ3n) is 3.30. The molecule has 0 fully saturated rings. The molecule has 0 saturated heterocycles. The van der Waals surface area contributed by atoms with Crippen LogP contribution in [0, 0.1) is 0 Å². The minimum atomic E-state index is -0.207. The van der Waals surface area contributed by atoms with Gasteiger partial charge in [-0.2, -0.15) is 0 Å². The summed E-state index contributed by atoms with van der Waals surface area (Å²) in [5.41, 5.74) is 1.88. The van der Waals surface area contributed by atoms with E-state index in [1.165, 1.54) is 0 Å². The largest absolute Gasteiger partial charge is 0.490 e. The molecule has 2 aromatic carbocycles. The Morgan fingerprint density at radius 3 is 2.46 bits per heavy atom. The number of hydrogen-bond donors (Lipinski definition) is 2. The van der Waals surface area contributed by atoms with Crippen molar-refractivity contribution in [3.05, 3.63) is 54.1 Å². The summed E-state index contributed by atoms with van der Waals surface area (Å²) in [6.07, 6.45) is 0. The molecule has 0 saturated carbocycles. The molecule has 0 spiro atoms. The zero-order valence-electron chi connectivity index (χ0n) is 14.2. The van der Waals surface area contributed by atoms with E-state index >= 15 is 0 Å². The lowest BCUT2D eigenvalue weighted by Crippen LogP contribution is -2.20. The van der Waals surface area contributed by atoms with Gasteiger partial charge in [-0.05, 0) is 43.3 Å². The number of carbonyl (C=O) groups excluding carboxylic acids is 1. The average Bonchev–Trinajstić information content (AvgIpc) is 2.60. The van der Waals surface area contributed by atoms with Gasteiger partial charge in [-0.25, -0.2) is 0 Å². The van der Waals surface area contributed by atoms with Gasteiger partial charge < -0.3 is 20.1 Å². The summed E-state index contributed by atoms with van der Waals surface area (Å²) >= 11 is 0. The summed E-state index contributed by atoms with van der Waals surface area (Å²) in [6.45, 7) is 6.13. The highest BCUT2D eigenvalue weighted by Gasteiger charge is 2.08. The number of carbonyl (C=O) groups is 1. The first-order valence-electron chi connectivity index (χ1n) is 8.17. The summed E-state index contributed by atoms with van der Waals surface area (Å²) in [4.78, 5) is 12.1. The Kier molecular flexibility index (Phi) is 7.11. The van der Waals surface area contributed by atoms with Crippen molar-refractivity contribution < 1.29 is 14.3 Å². The Hall–Kier alpha value is -2.53. The van der Waals surface area contributed by atoms with Crippen LogP contribution in [0.3, 0.4) is 0 Å². The third kappa shape index (κ3) is 5.59. The number of rotatable bonds is 9. The number of hydrogen-bond acceptors (Lipinski definition) is 4. The van der Waals surface area contributed by atoms with Crippen LogP contribution in [-0.2, 0) is 11.3 Å². The summed E-state index contributed by atoms with van der Waals surface area (Å²) in [5, 5.41) is 6.11. The van der Waals surface area contributed by atoms with Crippen LogP contribution in [0.2, 0.25) is 0 Å². The Morgan fingerprint density at radius 2 is 1.75 bits per heavy atom. The van der Waals surface area contributed by atoms with Crippen LogP contribution in [0.5, 0.6) is 11.5 Å². The number of nitrogens with one attached hydrogen (secondary N) is 2. The molecule has 5 heteroatoms. The van der Waals surface area contributed by atoms with Crippen molar-refractivity contribution in [1.82, 2.24) is 5.32 Å². The van der Waals surface area contributed by atoms with Crippen molar-refractivity contribution in [3.63, 3.8) is 0 Å². The first-order chi connectivity index (χ1) is 11.7. The highest BCUT2D eigenvalue weighted by Crippen LogP contribution is 2.26. The maximum absolute atomic E-state index is 12.1. The van der Waals surface area contributed by atoms with E-state index in [9.17, 15) is 4.79 Å². The number of amides is 1. The Morgan fingerprint density at radius 1 is 1.00 bits per heavy atom. The van der Waals surface area contributed by atoms with Gasteiger partial charge in [-0.3, -0.25) is 4.79 Å². The topological polar surface area (TPSA) is 59.6 Å². The molecule has 5 nitrogen and oxygen atoms in total. The smallest absolute Gasteiger partial charge is 0.262 e. The van der Waals surface area contributed by atoms with Crippen molar-refractivity contribution in [1.29, 1.82) is 0 Å². The second kappa shape index (κ2) is 9.57. The van der Waals surface area contributed by atoms with Gasteiger partial charge in [0.1, 0.15) is 0 Å². The molecule has 2 N–H and O–H groups in total. The van der Waals surface area contributed by atoms with Crippen molar-refractivity contribution >= 4 is 11.6 Å². The van der Waals surface area contributed by atoms with Gasteiger partial charge in [-0.15, -0.1) is 0 Å². The lowest BCUT2D eigenvalue weighted by atomic mass is 10.2. The van der Waals surface area contributed by atoms with Crippen LogP contribution < -0.4 is 20.1 Å². The fourth-order valence-corrected chi connectivity index (χ4v) is 2.21. The van der Waals surface area contributed by atoms with Gasteiger partial charge in [0.05, 0.1) is 6.61 Å². The second-order valence-electron chi connectivity index (χ2n) is 5.20. The summed E-state index contributed by atoms with van der Waals surface area (Å²) in [7, 11) is 0. The zero-order chi connectivity index (χ0) is 17.2. The minimum absolute atomic E-state index is 0.0679. The number of ether oxygens (including phenoxy) is 2. The first-order valence-corrected chi connectivity index (χ1v) is 8.17. The van der Waals surface area contributed by atoms with Crippen LogP contribution in [0.1, 0.15) is 19.4 Å². The molecular formula is C19H24N2O3. The molecule has 0 bridgehead atoms. The molecule has 0 aliphatic heterocycles. The maximum atomic E-state index is 12.1. The first kappa shape index (κ1) is 17.8. The monoisotopic (exact) mass is 328 g/mol. The molecule has 1 amide bonds. The third-order valence-corrected chi connectivity index (χ3v) is 3.30. The fourth-order valence-electron chi connectivity index (χ4n) is 2.21. The Balaban J connectivity index is 1.89. The van der Waals surface area contributed by atoms with Gasteiger partial charge in [0.15, 0.2) is 18.1 Å². The van der Waals surface area contributed by atoms with E-state index in [2.05, 4.69) is 17.6 Å². The van der Waals surface area contributed by atoms with Crippen LogP contribution in [-0.4, -0.2) is 25.7 Å². The number of para-hydroxylation sites is 2. The fraction of sp³-hybridized carbons (Fsp3) is 0.316. The van der Waals surface area contributed by atoms with Crippen molar-refractivity contribution in [3.8, 4) is 11.5 Å². The lowest BCUT2D eigenvalue weighted by Gasteiger charge is -2.12. The van der Waals surface area contributed by atoms with E-state index in [1.807, 2.05) is 49.4 Å². The number of benzene rings is 2. The lowest BCUT2D eigenvalue weighted by molar-refractivity contribution is -0.118. The Bertz CT molecular complexity index is 659. The predicted octanol–water partition coefficient (Wildman–Crippen LogP) is 3.21. The van der Waals surface area contributed by atoms with Gasteiger partial charge in [0.25, 0.3) is 5.91 Å². The van der Waals surface area contributed by atoms with Crippen LogP contribution >= 0.6 is 0 Å². The van der Waals surface area contributed by atoms with E-state index in [1.54, 1.807) is 6.07 Å². The van der Waals surface area contributed by atoms with E-state index in [4.69, 9.17) is 9.47 Å². The summed E-state index contributed by atoms with van der Waals surface area (Å²) < 4.78 is 11.0. The van der Waals surface area contributed by atoms with Gasteiger partial charge in [0.2, 0.25) is 0 Å². The predicted molar refractivity (Wildman–Crippen MR) is 95.6 cm³/mol. The molecule has 0 atom stereocenters. The maximum Gasteiger partial charge on any atom is 0.262 e. The minimum Gasteiger partial charge on any atom is -0.490 e. The Labute approximate surface area is 143 Å². The van der Waals surface area contributed by atoms with Gasteiger partial charge in [-0.1, -0.05) is 31.2 Å². The molecule has 0 unspecified atom stereocenters. The van der Waals surface area contributed by atoms with E-state index < -0.39 is 0 Å². The molecule has 0 aliphatic carbocycles. The van der Waals surface area contributed by atoms with E-state index in [0.29, 0.717) is 18.1 Å². The van der Waals surface area contributed by atoms with E-state index in [0.717, 1.165) is 24.3 Å². The zero-order valence-corrected chi connectivity index (χ0v) is 14.2. The SMILES string of the molecule is CCNCc1cccc(NC(=O)COc2ccccc2OCC)c1. The van der Waals surface area contributed by atoms with Crippen LogP contribution in [0.15, 0.2) is 48.5 Å². The standard InChI is InChI=1S/C19H24N2O3/c1-3-20-13-15-8-7-9-16(12-15)21-19(22)14-24-18-11-6-5-10-17(18)23-4-2/h5-12,20H,3-4,13-14H2,1-2H3,(H,21,22). The average molecular weight is 328 g/mol. The van der Waals surface area contributed by atoms with Crippen molar-refractivity contribution in [2.24, 2.45) is 0 Å². The highest BCUT2D eigenvalue weighted by atomic mass is 16.5. The molecule has 0 heterocycles. The van der Waals surface area contributed by atoms with Crippen molar-refractivity contribution in [2.75, 3.05) is 25.1 Å². The molecule has 2 aromatic rings. The molecular weight excluding hydrogens is 304 g/mol. The molecule has 0 aromatic heterocycles. The van der Waals surface area contributed by atoms with Crippen LogP contribution in [0.25, 0.3) is 0 Å². The van der Waals surface area contributed by atoms with Gasteiger partial charge >= 0.3 is 0 Å². The normalized spacial score (nSPS) is 10.2. The highest BCUT2D eigenvalue weighted by molar-refractivity contribution is 5.91. The molecule has 0 aliphatic rings. The van der Waals surface area contributed by atoms with E-state index in [-0.39, 0.29) is 12.5 Å². The summed E-state index contributed by atoms with van der Waals surface area (Å²) in [5.74, 6) is 0.998. The molecule has 128 valence electrons. The van der Waals surface area contributed by atoms with Crippen molar-refractivity contribution in [2.45, 2.75) is 20.4 Å². The molecule has 2 rings (SSSR count). The van der Waals surface area contributed by atoms with Crippen LogP contribution in [0.4, 0.5) is 5.69 Å². The molecule has 24 heavy (non-hydrogen) atoms. The second-order valence-corrected chi connectivity index (χ2v) is 5.20.